The lowest BCUT2D eigenvalue weighted by Crippen LogP contribution is -2.16. The van der Waals surface area contributed by atoms with Crippen LogP contribution < -0.4 is 0 Å². The van der Waals surface area contributed by atoms with Crippen LogP contribution in [0, 0.1) is 11.8 Å². The first-order valence-electron chi connectivity index (χ1n) is 7.27. The van der Waals surface area contributed by atoms with Gasteiger partial charge >= 0.3 is 0 Å². The van der Waals surface area contributed by atoms with Crippen LogP contribution in [0.25, 0.3) is 0 Å². The molecule has 2 atom stereocenters. The van der Waals surface area contributed by atoms with E-state index in [4.69, 9.17) is 0 Å². The minimum atomic E-state index is 1.02. The van der Waals surface area contributed by atoms with E-state index in [0.29, 0.717) is 0 Å². The fourth-order valence-corrected chi connectivity index (χ4v) is 3.32. The molecule has 0 radical (unpaired) electrons. The second-order valence-corrected chi connectivity index (χ2v) is 5.48. The summed E-state index contributed by atoms with van der Waals surface area (Å²) in [7, 11) is 0. The van der Waals surface area contributed by atoms with Crippen molar-refractivity contribution in [1.82, 2.24) is 0 Å². The van der Waals surface area contributed by atoms with Gasteiger partial charge < -0.3 is 0 Å². The van der Waals surface area contributed by atoms with Crippen LogP contribution in [0.15, 0.2) is 24.3 Å². The monoisotopic (exact) mass is 218 g/mol. The third-order valence-corrected chi connectivity index (χ3v) is 4.30. The van der Waals surface area contributed by atoms with Crippen LogP contribution in [-0.2, 0) is 0 Å². The summed E-state index contributed by atoms with van der Waals surface area (Å²) in [6.45, 7) is 0. The molecule has 0 saturated heterocycles. The van der Waals surface area contributed by atoms with Gasteiger partial charge in [0.15, 0.2) is 0 Å². The molecule has 0 heterocycles. The molecule has 2 aliphatic carbocycles. The van der Waals surface area contributed by atoms with Crippen LogP contribution in [0.2, 0.25) is 0 Å². The summed E-state index contributed by atoms with van der Waals surface area (Å²) in [5.74, 6) is 2.05. The second-order valence-electron chi connectivity index (χ2n) is 5.48. The van der Waals surface area contributed by atoms with E-state index in [2.05, 4.69) is 24.3 Å². The molecule has 0 bridgehead atoms. The van der Waals surface area contributed by atoms with Gasteiger partial charge in [-0.15, -0.1) is 0 Å². The predicted molar refractivity (Wildman–Crippen MR) is 71.4 cm³/mol. The summed E-state index contributed by atoms with van der Waals surface area (Å²) in [6, 6.07) is 0. The average Bonchev–Trinajstić information content (AvgIpc) is 2.18. The first-order valence-corrected chi connectivity index (χ1v) is 7.27. The molecule has 0 aromatic heterocycles. The van der Waals surface area contributed by atoms with Gasteiger partial charge in [0.05, 0.1) is 0 Å². The number of hydrogen-bond donors (Lipinski definition) is 0. The molecule has 0 spiro atoms. The van der Waals surface area contributed by atoms with E-state index in [1.165, 1.54) is 64.2 Å². The SMILES string of the molecule is C1=CCCC(C2CC/C=C\CCC2)CCC1. The van der Waals surface area contributed by atoms with Crippen molar-refractivity contribution in [2.45, 2.75) is 64.2 Å². The van der Waals surface area contributed by atoms with Gasteiger partial charge in [0, 0.05) is 0 Å². The van der Waals surface area contributed by atoms with Crippen molar-refractivity contribution >= 4 is 0 Å². The summed E-state index contributed by atoms with van der Waals surface area (Å²) in [5, 5.41) is 0. The Morgan fingerprint density at radius 1 is 0.500 bits per heavy atom. The fraction of sp³-hybridized carbons (Fsp3) is 0.750. The highest BCUT2D eigenvalue weighted by Crippen LogP contribution is 2.33. The summed E-state index contributed by atoms with van der Waals surface area (Å²) in [4.78, 5) is 0. The molecule has 16 heavy (non-hydrogen) atoms. The molecule has 0 saturated carbocycles. The lowest BCUT2D eigenvalue weighted by atomic mass is 9.77. The minimum absolute atomic E-state index is 1.02. The van der Waals surface area contributed by atoms with Crippen molar-refractivity contribution in [2.75, 3.05) is 0 Å². The smallest absolute Gasteiger partial charge is 0.0348 e. The fourth-order valence-electron chi connectivity index (χ4n) is 3.32. The van der Waals surface area contributed by atoms with Crippen LogP contribution in [0.1, 0.15) is 64.2 Å². The maximum absolute atomic E-state index is 2.41. The Hall–Kier alpha value is -0.520. The van der Waals surface area contributed by atoms with Crippen LogP contribution in [0.3, 0.4) is 0 Å². The van der Waals surface area contributed by atoms with Gasteiger partial charge in [0.1, 0.15) is 0 Å². The molecule has 0 nitrogen and oxygen atoms in total. The molecule has 0 aromatic carbocycles. The third kappa shape index (κ3) is 3.81. The molecule has 0 fully saturated rings. The Morgan fingerprint density at radius 2 is 0.938 bits per heavy atom. The van der Waals surface area contributed by atoms with Crippen LogP contribution in [0.5, 0.6) is 0 Å². The predicted octanol–water partition coefficient (Wildman–Crippen LogP) is 5.26. The van der Waals surface area contributed by atoms with Crippen LogP contribution in [-0.4, -0.2) is 0 Å². The Balaban J connectivity index is 1.87. The average molecular weight is 218 g/mol. The van der Waals surface area contributed by atoms with Gasteiger partial charge in [0.25, 0.3) is 0 Å². The van der Waals surface area contributed by atoms with Crippen molar-refractivity contribution in [3.63, 3.8) is 0 Å². The first kappa shape index (κ1) is 12.0. The van der Waals surface area contributed by atoms with Gasteiger partial charge in [-0.25, -0.2) is 0 Å². The normalized spacial score (nSPS) is 34.5. The summed E-state index contributed by atoms with van der Waals surface area (Å²) >= 11 is 0. The van der Waals surface area contributed by atoms with E-state index in [1.807, 2.05) is 0 Å². The Labute approximate surface area is 101 Å². The van der Waals surface area contributed by atoms with E-state index in [0.717, 1.165) is 11.8 Å². The maximum Gasteiger partial charge on any atom is -0.0348 e. The molecule has 0 N–H and O–H groups in total. The number of rotatable bonds is 1. The zero-order chi connectivity index (χ0) is 11.1. The van der Waals surface area contributed by atoms with Gasteiger partial charge in [0.2, 0.25) is 0 Å². The molecule has 90 valence electrons. The van der Waals surface area contributed by atoms with Gasteiger partial charge in [-0.3, -0.25) is 0 Å². The Kier molecular flexibility index (Phi) is 5.18. The highest BCUT2D eigenvalue weighted by molar-refractivity contribution is 4.89. The van der Waals surface area contributed by atoms with E-state index in [9.17, 15) is 0 Å². The largest absolute Gasteiger partial charge is 0.0885 e. The van der Waals surface area contributed by atoms with E-state index in [1.54, 1.807) is 0 Å². The highest BCUT2D eigenvalue weighted by Gasteiger charge is 2.20. The van der Waals surface area contributed by atoms with Crippen molar-refractivity contribution < 1.29 is 0 Å². The van der Waals surface area contributed by atoms with Crippen molar-refractivity contribution in [2.24, 2.45) is 11.8 Å². The molecular weight excluding hydrogens is 192 g/mol. The topological polar surface area (TPSA) is 0 Å². The minimum Gasteiger partial charge on any atom is -0.0885 e. The zero-order valence-corrected chi connectivity index (χ0v) is 10.5. The van der Waals surface area contributed by atoms with E-state index in [-0.39, 0.29) is 0 Å². The van der Waals surface area contributed by atoms with Gasteiger partial charge in [-0.05, 0) is 76.0 Å². The number of allylic oxidation sites excluding steroid dienone is 4. The van der Waals surface area contributed by atoms with Crippen LogP contribution in [0.4, 0.5) is 0 Å². The molecule has 2 aliphatic rings. The summed E-state index contributed by atoms with van der Waals surface area (Å²) in [6.07, 6.45) is 23.6. The molecular formula is C16H26. The standard InChI is InChI=1S/C16H26/c1-3-7-11-15(12-8-4-1)16-13-9-5-2-6-10-14-16/h1-3,5,15-16H,4,6-14H2/b3-1-,5-2?. The van der Waals surface area contributed by atoms with E-state index >= 15 is 0 Å². The Morgan fingerprint density at radius 3 is 1.44 bits per heavy atom. The van der Waals surface area contributed by atoms with E-state index < -0.39 is 0 Å². The highest BCUT2D eigenvalue weighted by atomic mass is 14.3. The lowest BCUT2D eigenvalue weighted by Gasteiger charge is -2.28. The molecule has 0 aromatic rings. The molecule has 0 aliphatic heterocycles. The zero-order valence-electron chi connectivity index (χ0n) is 10.5. The summed E-state index contributed by atoms with van der Waals surface area (Å²) < 4.78 is 0. The Bertz CT molecular complexity index is 210. The molecule has 0 heteroatoms. The number of hydrogen-bond acceptors (Lipinski definition) is 0. The van der Waals surface area contributed by atoms with Crippen molar-refractivity contribution in [3.8, 4) is 0 Å². The molecule has 2 rings (SSSR count). The van der Waals surface area contributed by atoms with Crippen molar-refractivity contribution in [3.05, 3.63) is 24.3 Å². The second kappa shape index (κ2) is 6.93. The van der Waals surface area contributed by atoms with Gasteiger partial charge in [-0.2, -0.15) is 0 Å². The maximum atomic E-state index is 2.41. The molecule has 0 amide bonds. The first-order chi connectivity index (χ1) is 7.97. The quantitative estimate of drug-likeness (QED) is 0.527. The van der Waals surface area contributed by atoms with Crippen molar-refractivity contribution in [1.29, 1.82) is 0 Å². The lowest BCUT2D eigenvalue weighted by molar-refractivity contribution is 0.252. The molecule has 2 unspecified atom stereocenters. The summed E-state index contributed by atoms with van der Waals surface area (Å²) in [5.41, 5.74) is 0. The van der Waals surface area contributed by atoms with Gasteiger partial charge in [-0.1, -0.05) is 24.3 Å². The van der Waals surface area contributed by atoms with Crippen LogP contribution >= 0.6 is 0 Å². The third-order valence-electron chi connectivity index (χ3n) is 4.30.